The van der Waals surface area contributed by atoms with E-state index in [4.69, 9.17) is 18.9 Å². The van der Waals surface area contributed by atoms with Gasteiger partial charge in [0.15, 0.2) is 12.4 Å². The zero-order chi connectivity index (χ0) is 24.8. The Kier molecular flexibility index (Phi) is 14.0. The third-order valence-electron chi connectivity index (χ3n) is 6.73. The van der Waals surface area contributed by atoms with E-state index in [1.165, 1.54) is 32.6 Å². The molecule has 0 amide bonds. The van der Waals surface area contributed by atoms with Crippen molar-refractivity contribution in [3.63, 3.8) is 0 Å². The lowest BCUT2D eigenvalue weighted by atomic mass is 9.98. The molecule has 8 nitrogen and oxygen atoms in total. The zero-order valence-electron chi connectivity index (χ0n) is 21.1. The summed E-state index contributed by atoms with van der Waals surface area (Å²) in [5.41, 5.74) is 0. The minimum Gasteiger partial charge on any atom is -0.463 e. The van der Waals surface area contributed by atoms with E-state index in [2.05, 4.69) is 6.92 Å². The molecule has 34 heavy (non-hydrogen) atoms. The number of rotatable bonds is 6. The topological polar surface area (TPSA) is 112 Å². The fourth-order valence-electron chi connectivity index (χ4n) is 4.66. The van der Waals surface area contributed by atoms with Crippen LogP contribution >= 0.6 is 0 Å². The highest BCUT2D eigenvalue weighted by atomic mass is 16.7. The highest BCUT2D eigenvalue weighted by Crippen LogP contribution is 2.29. The second-order valence-electron chi connectivity index (χ2n) is 9.76. The molecule has 0 radical (unpaired) electrons. The van der Waals surface area contributed by atoms with E-state index in [-0.39, 0.29) is 19.1 Å². The lowest BCUT2D eigenvalue weighted by Crippen LogP contribution is -2.61. The minimum atomic E-state index is -1.40. The Morgan fingerprint density at radius 2 is 1.59 bits per heavy atom. The molecule has 2 fully saturated rings. The molecule has 0 saturated carbocycles. The van der Waals surface area contributed by atoms with Crippen molar-refractivity contribution in [2.45, 2.75) is 147 Å². The number of fused-ring (bicyclic) bond motifs is 1. The van der Waals surface area contributed by atoms with Crippen molar-refractivity contribution in [3.05, 3.63) is 0 Å². The first-order valence-electron chi connectivity index (χ1n) is 13.4. The summed E-state index contributed by atoms with van der Waals surface area (Å²) in [7, 11) is 0. The number of carbonyl (C=O) groups excluding carboxylic acids is 2. The van der Waals surface area contributed by atoms with Crippen molar-refractivity contribution in [2.24, 2.45) is 0 Å². The molecule has 2 aliphatic heterocycles. The molecule has 2 N–H and O–H groups in total. The predicted octanol–water partition coefficient (Wildman–Crippen LogP) is 4.18. The molecule has 0 unspecified atom stereocenters. The average Bonchev–Trinajstić information content (AvgIpc) is 2.80. The molecule has 2 heterocycles. The van der Waals surface area contributed by atoms with E-state index < -0.39 is 42.6 Å². The van der Waals surface area contributed by atoms with Gasteiger partial charge in [-0.15, -0.1) is 0 Å². The molecule has 0 aliphatic carbocycles. The Hall–Kier alpha value is -1.22. The maximum absolute atomic E-state index is 12.5. The van der Waals surface area contributed by atoms with Crippen LogP contribution in [0.25, 0.3) is 0 Å². The summed E-state index contributed by atoms with van der Waals surface area (Å²) >= 11 is 0. The third-order valence-corrected chi connectivity index (χ3v) is 6.73. The van der Waals surface area contributed by atoms with Gasteiger partial charge in [-0.2, -0.15) is 0 Å². The van der Waals surface area contributed by atoms with Gasteiger partial charge in [-0.1, -0.05) is 77.6 Å². The molecular formula is C26H46O8. The van der Waals surface area contributed by atoms with E-state index >= 15 is 0 Å². The smallest absolute Gasteiger partial charge is 0.306 e. The van der Waals surface area contributed by atoms with Crippen LogP contribution in [0.4, 0.5) is 0 Å². The number of esters is 2. The predicted molar refractivity (Wildman–Crippen MR) is 127 cm³/mol. The molecule has 0 aromatic heterocycles. The quantitative estimate of drug-likeness (QED) is 0.425. The molecule has 6 atom stereocenters. The first-order chi connectivity index (χ1) is 16.4. The highest BCUT2D eigenvalue weighted by Gasteiger charge is 2.48. The molecule has 2 rings (SSSR count). The van der Waals surface area contributed by atoms with Gasteiger partial charge in [0.2, 0.25) is 0 Å². The summed E-state index contributed by atoms with van der Waals surface area (Å²) in [5.74, 6) is -0.940. The summed E-state index contributed by atoms with van der Waals surface area (Å²) in [6.07, 6.45) is 8.99. The molecule has 0 spiro atoms. The van der Waals surface area contributed by atoms with Gasteiger partial charge in [0.25, 0.3) is 0 Å². The normalized spacial score (nSPS) is 32.8. The van der Waals surface area contributed by atoms with E-state index in [1.54, 1.807) is 0 Å². The van der Waals surface area contributed by atoms with E-state index in [1.807, 2.05) is 0 Å². The van der Waals surface area contributed by atoms with Crippen molar-refractivity contribution in [2.75, 3.05) is 6.61 Å². The van der Waals surface area contributed by atoms with Crippen LogP contribution in [0.3, 0.4) is 0 Å². The lowest BCUT2D eigenvalue weighted by molar-refractivity contribution is -0.315. The molecule has 0 aromatic rings. The van der Waals surface area contributed by atoms with Crippen LogP contribution in [-0.4, -0.2) is 65.6 Å². The molecular weight excluding hydrogens is 440 g/mol. The summed E-state index contributed by atoms with van der Waals surface area (Å²) < 4.78 is 22.9. The van der Waals surface area contributed by atoms with E-state index in [0.29, 0.717) is 0 Å². The fraction of sp³-hybridized carbons (Fsp3) is 0.923. The Morgan fingerprint density at radius 3 is 2.24 bits per heavy atom. The minimum absolute atomic E-state index is 0.106. The van der Waals surface area contributed by atoms with Gasteiger partial charge in [0, 0.05) is 13.3 Å². The second kappa shape index (κ2) is 16.5. The van der Waals surface area contributed by atoms with Gasteiger partial charge in [-0.3, -0.25) is 9.59 Å². The Labute approximate surface area is 204 Å². The van der Waals surface area contributed by atoms with Crippen LogP contribution in [0.5, 0.6) is 0 Å². The largest absolute Gasteiger partial charge is 0.463 e. The lowest BCUT2D eigenvalue weighted by Gasteiger charge is -2.42. The fourth-order valence-corrected chi connectivity index (χ4v) is 4.66. The van der Waals surface area contributed by atoms with Crippen molar-refractivity contribution < 1.29 is 38.7 Å². The molecule has 2 aliphatic rings. The maximum atomic E-state index is 12.5. The Bertz CT molecular complexity index is 583. The van der Waals surface area contributed by atoms with Gasteiger partial charge >= 0.3 is 11.9 Å². The summed E-state index contributed by atoms with van der Waals surface area (Å²) in [6.45, 7) is 3.21. The highest BCUT2D eigenvalue weighted by molar-refractivity contribution is 5.69. The number of ether oxygens (including phenoxy) is 4. The van der Waals surface area contributed by atoms with Crippen LogP contribution in [0, 0.1) is 0 Å². The summed E-state index contributed by atoms with van der Waals surface area (Å²) in [5, 5.41) is 21.4. The standard InChI is InChI=1S/C26H46O8/c1-3-4-12-15-20-16-13-10-8-6-5-7-9-11-14-17-22(28)34-25-24(30)23(29)21(18-31-19(2)27)33-26(25)32-20/h20-21,23-26,29-30H,3-18H2,1-2H3/t20-,21-,23-,24+,25-,26-/m1/s1. The van der Waals surface area contributed by atoms with Crippen molar-refractivity contribution in [3.8, 4) is 0 Å². The first kappa shape index (κ1) is 29.0. The average molecular weight is 487 g/mol. The van der Waals surface area contributed by atoms with Crippen molar-refractivity contribution >= 4 is 11.9 Å². The number of aliphatic hydroxyl groups is 2. The number of carbonyl (C=O) groups is 2. The van der Waals surface area contributed by atoms with Crippen molar-refractivity contribution in [1.29, 1.82) is 0 Å². The maximum Gasteiger partial charge on any atom is 0.306 e. The van der Waals surface area contributed by atoms with E-state index in [9.17, 15) is 19.8 Å². The second-order valence-corrected chi connectivity index (χ2v) is 9.76. The van der Waals surface area contributed by atoms with Gasteiger partial charge in [0.05, 0.1) is 6.10 Å². The zero-order valence-corrected chi connectivity index (χ0v) is 21.1. The van der Waals surface area contributed by atoms with Crippen LogP contribution in [-0.2, 0) is 28.5 Å². The van der Waals surface area contributed by atoms with Gasteiger partial charge < -0.3 is 29.2 Å². The van der Waals surface area contributed by atoms with Crippen LogP contribution in [0.2, 0.25) is 0 Å². The summed E-state index contributed by atoms with van der Waals surface area (Å²) in [4.78, 5) is 23.8. The molecule has 8 heteroatoms. The molecule has 2 saturated heterocycles. The Balaban J connectivity index is 2.15. The summed E-state index contributed by atoms with van der Waals surface area (Å²) in [6, 6.07) is 0. The molecule has 0 aromatic carbocycles. The first-order valence-corrected chi connectivity index (χ1v) is 13.4. The number of unbranched alkanes of at least 4 members (excludes halogenated alkanes) is 2. The number of hydrogen-bond donors (Lipinski definition) is 2. The SMILES string of the molecule is CCCCC[C@@H]1CCCCCCCCCCCC(=O)O[C@H]2[C@H](O1)O[C@H](COC(C)=O)[C@@H](O)[C@@H]2O. The molecule has 0 bridgehead atoms. The van der Waals surface area contributed by atoms with Crippen LogP contribution in [0.15, 0.2) is 0 Å². The van der Waals surface area contributed by atoms with Gasteiger partial charge in [-0.05, 0) is 19.3 Å². The van der Waals surface area contributed by atoms with Crippen LogP contribution in [0.1, 0.15) is 110 Å². The van der Waals surface area contributed by atoms with Crippen molar-refractivity contribution in [1.82, 2.24) is 0 Å². The Morgan fingerprint density at radius 1 is 0.941 bits per heavy atom. The van der Waals surface area contributed by atoms with Gasteiger partial charge in [0.1, 0.15) is 24.9 Å². The monoisotopic (exact) mass is 486 g/mol. The third kappa shape index (κ3) is 10.6. The number of aliphatic hydroxyl groups excluding tert-OH is 2. The number of hydrogen-bond acceptors (Lipinski definition) is 8. The van der Waals surface area contributed by atoms with Crippen LogP contribution < -0.4 is 0 Å². The van der Waals surface area contributed by atoms with Gasteiger partial charge in [-0.25, -0.2) is 0 Å². The molecule has 198 valence electrons. The van der Waals surface area contributed by atoms with E-state index in [0.717, 1.165) is 64.2 Å².